The van der Waals surface area contributed by atoms with Crippen molar-refractivity contribution in [1.29, 1.82) is 0 Å². The third-order valence-corrected chi connectivity index (χ3v) is 3.00. The lowest BCUT2D eigenvalue weighted by molar-refractivity contribution is -0.124. The molecule has 0 spiro atoms. The predicted octanol–water partition coefficient (Wildman–Crippen LogP) is 1.77. The minimum atomic E-state index is -0.413. The van der Waals surface area contributed by atoms with E-state index >= 15 is 0 Å². The highest BCUT2D eigenvalue weighted by atomic mass is 16.5. The SMILES string of the molecule is COc1ccc(NC(C)=O)cc1NC(=O)[C@@H]1CCCO1. The van der Waals surface area contributed by atoms with Crippen molar-refractivity contribution in [3.05, 3.63) is 18.2 Å². The maximum absolute atomic E-state index is 12.0. The molecule has 1 aliphatic heterocycles. The van der Waals surface area contributed by atoms with Gasteiger partial charge < -0.3 is 20.1 Å². The van der Waals surface area contributed by atoms with Crippen LogP contribution in [0.15, 0.2) is 18.2 Å². The van der Waals surface area contributed by atoms with Crippen LogP contribution in [0.5, 0.6) is 5.75 Å². The molecule has 1 aromatic carbocycles. The number of hydrogen-bond donors (Lipinski definition) is 2. The number of benzene rings is 1. The Morgan fingerprint density at radius 1 is 1.35 bits per heavy atom. The number of carbonyl (C=O) groups is 2. The number of hydrogen-bond acceptors (Lipinski definition) is 4. The van der Waals surface area contributed by atoms with Crippen LogP contribution in [0.3, 0.4) is 0 Å². The number of nitrogens with one attached hydrogen (secondary N) is 2. The van der Waals surface area contributed by atoms with Crippen molar-refractivity contribution < 1.29 is 19.1 Å². The van der Waals surface area contributed by atoms with Crippen molar-refractivity contribution in [3.63, 3.8) is 0 Å². The van der Waals surface area contributed by atoms with Gasteiger partial charge in [0, 0.05) is 19.2 Å². The van der Waals surface area contributed by atoms with Crippen LogP contribution in [0.4, 0.5) is 11.4 Å². The van der Waals surface area contributed by atoms with Crippen LogP contribution in [0.2, 0.25) is 0 Å². The average molecular weight is 278 g/mol. The maximum atomic E-state index is 12.0. The second-order valence-electron chi connectivity index (χ2n) is 4.59. The van der Waals surface area contributed by atoms with Gasteiger partial charge in [0.1, 0.15) is 11.9 Å². The highest BCUT2D eigenvalue weighted by Crippen LogP contribution is 2.28. The quantitative estimate of drug-likeness (QED) is 0.880. The molecule has 2 N–H and O–H groups in total. The van der Waals surface area contributed by atoms with E-state index < -0.39 is 6.10 Å². The van der Waals surface area contributed by atoms with Crippen molar-refractivity contribution in [2.45, 2.75) is 25.9 Å². The van der Waals surface area contributed by atoms with Gasteiger partial charge in [-0.1, -0.05) is 0 Å². The third-order valence-electron chi connectivity index (χ3n) is 3.00. The van der Waals surface area contributed by atoms with E-state index in [1.165, 1.54) is 14.0 Å². The predicted molar refractivity (Wildman–Crippen MR) is 74.9 cm³/mol. The van der Waals surface area contributed by atoms with Crippen LogP contribution in [0.25, 0.3) is 0 Å². The fourth-order valence-corrected chi connectivity index (χ4v) is 2.08. The number of rotatable bonds is 4. The highest BCUT2D eigenvalue weighted by Gasteiger charge is 2.24. The van der Waals surface area contributed by atoms with Crippen LogP contribution >= 0.6 is 0 Å². The molecule has 1 fully saturated rings. The first-order chi connectivity index (χ1) is 9.60. The lowest BCUT2D eigenvalue weighted by atomic mass is 10.2. The number of amides is 2. The summed E-state index contributed by atoms with van der Waals surface area (Å²) in [5.74, 6) is 0.165. The minimum Gasteiger partial charge on any atom is -0.495 e. The lowest BCUT2D eigenvalue weighted by Crippen LogP contribution is -2.27. The first-order valence-corrected chi connectivity index (χ1v) is 6.48. The molecule has 0 radical (unpaired) electrons. The molecule has 0 aliphatic carbocycles. The zero-order valence-corrected chi connectivity index (χ0v) is 11.6. The molecular formula is C14H18N2O4. The van der Waals surface area contributed by atoms with Gasteiger partial charge in [-0.15, -0.1) is 0 Å². The summed E-state index contributed by atoms with van der Waals surface area (Å²) >= 11 is 0. The molecule has 0 saturated carbocycles. The van der Waals surface area contributed by atoms with E-state index in [9.17, 15) is 9.59 Å². The van der Waals surface area contributed by atoms with Crippen molar-refractivity contribution >= 4 is 23.2 Å². The van der Waals surface area contributed by atoms with Gasteiger partial charge in [0.15, 0.2) is 0 Å². The Hall–Kier alpha value is -2.08. The molecule has 6 heteroatoms. The zero-order valence-electron chi connectivity index (χ0n) is 11.6. The van der Waals surface area contributed by atoms with E-state index in [4.69, 9.17) is 9.47 Å². The fourth-order valence-electron chi connectivity index (χ4n) is 2.08. The van der Waals surface area contributed by atoms with Gasteiger partial charge in [0.05, 0.1) is 12.8 Å². The summed E-state index contributed by atoms with van der Waals surface area (Å²) in [4.78, 5) is 23.1. The lowest BCUT2D eigenvalue weighted by Gasteiger charge is -2.14. The second kappa shape index (κ2) is 6.38. The first-order valence-electron chi connectivity index (χ1n) is 6.48. The monoisotopic (exact) mass is 278 g/mol. The van der Waals surface area contributed by atoms with Gasteiger partial charge in [-0.2, -0.15) is 0 Å². The second-order valence-corrected chi connectivity index (χ2v) is 4.59. The van der Waals surface area contributed by atoms with Crippen LogP contribution in [0, 0.1) is 0 Å². The molecule has 2 rings (SSSR count). The molecule has 6 nitrogen and oxygen atoms in total. The molecular weight excluding hydrogens is 260 g/mol. The number of anilines is 2. The van der Waals surface area contributed by atoms with Crippen molar-refractivity contribution in [2.75, 3.05) is 24.4 Å². The van der Waals surface area contributed by atoms with Crippen LogP contribution in [-0.2, 0) is 14.3 Å². The molecule has 1 atom stereocenters. The molecule has 2 amide bonds. The normalized spacial score (nSPS) is 17.6. The highest BCUT2D eigenvalue weighted by molar-refractivity contribution is 5.97. The Morgan fingerprint density at radius 3 is 2.75 bits per heavy atom. The Kier molecular flexibility index (Phi) is 4.57. The Balaban J connectivity index is 2.14. The smallest absolute Gasteiger partial charge is 0.253 e. The van der Waals surface area contributed by atoms with Crippen LogP contribution in [-0.4, -0.2) is 31.6 Å². The van der Waals surface area contributed by atoms with Gasteiger partial charge in [-0.3, -0.25) is 9.59 Å². The van der Waals surface area contributed by atoms with Crippen LogP contribution in [0.1, 0.15) is 19.8 Å². The average Bonchev–Trinajstić information content (AvgIpc) is 2.92. The van der Waals surface area contributed by atoms with E-state index in [1.54, 1.807) is 18.2 Å². The molecule has 108 valence electrons. The van der Waals surface area contributed by atoms with Gasteiger partial charge in [0.25, 0.3) is 5.91 Å². The summed E-state index contributed by atoms with van der Waals surface area (Å²) in [6.07, 6.45) is 1.20. The Morgan fingerprint density at radius 2 is 2.15 bits per heavy atom. The molecule has 20 heavy (non-hydrogen) atoms. The largest absolute Gasteiger partial charge is 0.495 e. The molecule has 1 aromatic rings. The number of methoxy groups -OCH3 is 1. The maximum Gasteiger partial charge on any atom is 0.253 e. The first kappa shape index (κ1) is 14.3. The topological polar surface area (TPSA) is 76.7 Å². The summed E-state index contributed by atoms with van der Waals surface area (Å²) < 4.78 is 10.5. The standard InChI is InChI=1S/C14H18N2O4/c1-9(17)15-10-5-6-12(19-2)11(8-10)16-14(18)13-4-3-7-20-13/h5-6,8,13H,3-4,7H2,1-2H3,(H,15,17)(H,16,18)/t13-/m0/s1. The summed E-state index contributed by atoms with van der Waals surface area (Å²) in [6.45, 7) is 2.04. The Labute approximate surface area is 117 Å². The molecule has 0 bridgehead atoms. The summed E-state index contributed by atoms with van der Waals surface area (Å²) in [6, 6.07) is 5.06. The molecule has 1 heterocycles. The van der Waals surface area contributed by atoms with Gasteiger partial charge in [-0.25, -0.2) is 0 Å². The van der Waals surface area contributed by atoms with E-state index in [1.807, 2.05) is 0 Å². The van der Waals surface area contributed by atoms with Crippen LogP contribution < -0.4 is 15.4 Å². The van der Waals surface area contributed by atoms with Crippen molar-refractivity contribution in [3.8, 4) is 5.75 Å². The molecule has 0 unspecified atom stereocenters. The zero-order chi connectivity index (χ0) is 14.5. The van der Waals surface area contributed by atoms with Gasteiger partial charge >= 0.3 is 0 Å². The summed E-state index contributed by atoms with van der Waals surface area (Å²) in [5.41, 5.74) is 1.11. The van der Waals surface area contributed by atoms with Crippen molar-refractivity contribution in [1.82, 2.24) is 0 Å². The number of ether oxygens (including phenoxy) is 2. The van der Waals surface area contributed by atoms with E-state index in [0.717, 1.165) is 12.8 Å². The summed E-state index contributed by atoms with van der Waals surface area (Å²) in [5, 5.41) is 5.44. The third kappa shape index (κ3) is 3.48. The fraction of sp³-hybridized carbons (Fsp3) is 0.429. The minimum absolute atomic E-state index is 0.174. The molecule has 1 saturated heterocycles. The number of carbonyl (C=O) groups excluding carboxylic acids is 2. The summed E-state index contributed by atoms with van der Waals surface area (Å²) in [7, 11) is 1.52. The van der Waals surface area contributed by atoms with E-state index in [0.29, 0.717) is 23.7 Å². The molecule has 0 aromatic heterocycles. The molecule has 1 aliphatic rings. The van der Waals surface area contributed by atoms with E-state index in [2.05, 4.69) is 10.6 Å². The van der Waals surface area contributed by atoms with Gasteiger partial charge in [0.2, 0.25) is 5.91 Å². The Bertz CT molecular complexity index is 510. The van der Waals surface area contributed by atoms with Crippen molar-refractivity contribution in [2.24, 2.45) is 0 Å². The van der Waals surface area contributed by atoms with Gasteiger partial charge in [-0.05, 0) is 31.0 Å². The van der Waals surface area contributed by atoms with E-state index in [-0.39, 0.29) is 11.8 Å².